The van der Waals surface area contributed by atoms with Crippen LogP contribution in [0.3, 0.4) is 0 Å². The molecule has 8 nitrogen and oxygen atoms in total. The van der Waals surface area contributed by atoms with Gasteiger partial charge in [0.2, 0.25) is 0 Å². The minimum absolute atomic E-state index is 0.0511. The highest BCUT2D eigenvalue weighted by Gasteiger charge is 2.53. The van der Waals surface area contributed by atoms with E-state index in [0.717, 1.165) is 51.6 Å². The fourth-order valence-electron chi connectivity index (χ4n) is 4.81. The Hall–Kier alpha value is -1.67. The highest BCUT2D eigenvalue weighted by Crippen LogP contribution is 2.35. The number of hydrogen-bond donors (Lipinski definition) is 2. The fraction of sp³-hybridized carbons (Fsp3) is 0.842. The van der Waals surface area contributed by atoms with Crippen molar-refractivity contribution in [2.75, 3.05) is 39.5 Å². The summed E-state index contributed by atoms with van der Waals surface area (Å²) in [4.78, 5) is 42.3. The zero-order valence-electron chi connectivity index (χ0n) is 16.2. The maximum atomic E-state index is 13.0. The molecule has 0 aromatic carbocycles. The van der Waals surface area contributed by atoms with Gasteiger partial charge in [-0.1, -0.05) is 6.92 Å². The topological polar surface area (TPSA) is 83.4 Å². The normalized spacial score (nSPS) is 35.1. The van der Waals surface area contributed by atoms with Gasteiger partial charge in [0.1, 0.15) is 11.6 Å². The van der Waals surface area contributed by atoms with Gasteiger partial charge >= 0.3 is 6.03 Å². The van der Waals surface area contributed by atoms with Crippen molar-refractivity contribution in [2.45, 2.75) is 57.1 Å². The number of nitrogens with zero attached hydrogens (tertiary/aromatic N) is 2. The van der Waals surface area contributed by atoms with Gasteiger partial charge in [-0.25, -0.2) is 9.69 Å². The first-order chi connectivity index (χ1) is 13.0. The average Bonchev–Trinajstić information content (AvgIpc) is 3.28. The number of urea groups is 1. The predicted octanol–water partition coefficient (Wildman–Crippen LogP) is -0.649. The summed E-state index contributed by atoms with van der Waals surface area (Å²) in [5, 5.41) is 2.99. The summed E-state index contributed by atoms with van der Waals surface area (Å²) in [6.45, 7) is 6.07. The molecule has 3 heterocycles. The van der Waals surface area contributed by atoms with E-state index >= 15 is 0 Å². The van der Waals surface area contributed by atoms with Crippen molar-refractivity contribution in [1.82, 2.24) is 15.1 Å². The largest absolute Gasteiger partial charge is 0.368 e. The first kappa shape index (κ1) is 18.7. The van der Waals surface area contributed by atoms with Crippen molar-refractivity contribution in [3.63, 3.8) is 0 Å². The summed E-state index contributed by atoms with van der Waals surface area (Å²) in [6, 6.07) is -0.250. The van der Waals surface area contributed by atoms with Crippen LogP contribution in [0.5, 0.6) is 0 Å². The van der Waals surface area contributed by atoms with Gasteiger partial charge in [0.05, 0.1) is 26.2 Å². The second-order valence-corrected chi connectivity index (χ2v) is 8.66. The molecule has 0 bridgehead atoms. The van der Waals surface area contributed by atoms with Gasteiger partial charge < -0.3 is 19.9 Å². The van der Waals surface area contributed by atoms with Gasteiger partial charge in [0, 0.05) is 6.61 Å². The van der Waals surface area contributed by atoms with Gasteiger partial charge in [-0.05, 0) is 44.4 Å². The number of rotatable bonds is 3. The number of nitrogens with one attached hydrogen (secondary N) is 2. The summed E-state index contributed by atoms with van der Waals surface area (Å²) in [6.07, 6.45) is 4.95. The molecule has 150 valence electrons. The Morgan fingerprint density at radius 3 is 2.56 bits per heavy atom. The maximum absolute atomic E-state index is 13.0. The van der Waals surface area contributed by atoms with E-state index in [-0.39, 0.29) is 23.9 Å². The number of carbonyl (C=O) groups excluding carboxylic acids is 3. The minimum atomic E-state index is -0.666. The lowest BCUT2D eigenvalue weighted by Gasteiger charge is -2.35. The number of amides is 4. The second-order valence-electron chi connectivity index (χ2n) is 8.66. The van der Waals surface area contributed by atoms with Crippen molar-refractivity contribution >= 4 is 17.8 Å². The molecule has 0 radical (unpaired) electrons. The van der Waals surface area contributed by atoms with Crippen LogP contribution < -0.4 is 10.2 Å². The van der Waals surface area contributed by atoms with Gasteiger partial charge in [0.25, 0.3) is 11.8 Å². The minimum Gasteiger partial charge on any atom is -0.368 e. The van der Waals surface area contributed by atoms with Crippen LogP contribution in [0.2, 0.25) is 0 Å². The highest BCUT2D eigenvalue weighted by molar-refractivity contribution is 6.06. The van der Waals surface area contributed by atoms with Crippen molar-refractivity contribution in [3.8, 4) is 0 Å². The number of piperazine rings is 1. The Bertz CT molecular complexity index is 603. The molecule has 1 atom stereocenters. The Labute approximate surface area is 160 Å². The molecule has 4 aliphatic rings. The van der Waals surface area contributed by atoms with Crippen molar-refractivity contribution < 1.29 is 24.0 Å². The molecule has 1 aliphatic carbocycles. The Kier molecular flexibility index (Phi) is 5.11. The van der Waals surface area contributed by atoms with E-state index in [1.807, 2.05) is 4.90 Å². The summed E-state index contributed by atoms with van der Waals surface area (Å²) in [5.41, 5.74) is -0.666. The molecular weight excluding hydrogens is 348 g/mol. The molecule has 3 aliphatic heterocycles. The number of quaternary nitrogens is 1. The lowest BCUT2D eigenvalue weighted by molar-refractivity contribution is -0.911. The third kappa shape index (κ3) is 3.57. The van der Waals surface area contributed by atoms with E-state index in [4.69, 9.17) is 4.74 Å². The van der Waals surface area contributed by atoms with Crippen LogP contribution in [-0.4, -0.2) is 78.7 Å². The van der Waals surface area contributed by atoms with Crippen LogP contribution in [0.15, 0.2) is 0 Å². The number of imide groups is 1. The molecule has 4 amide bonds. The van der Waals surface area contributed by atoms with Crippen LogP contribution >= 0.6 is 0 Å². The highest BCUT2D eigenvalue weighted by atomic mass is 16.5. The molecular formula is C19H31N4O4+. The lowest BCUT2D eigenvalue weighted by atomic mass is 9.77. The van der Waals surface area contributed by atoms with Crippen LogP contribution in [-0.2, 0) is 14.3 Å². The van der Waals surface area contributed by atoms with Crippen molar-refractivity contribution in [1.29, 1.82) is 0 Å². The van der Waals surface area contributed by atoms with Crippen LogP contribution in [0, 0.1) is 5.92 Å². The van der Waals surface area contributed by atoms with E-state index in [2.05, 4.69) is 12.2 Å². The Balaban J connectivity index is 1.30. The molecule has 1 spiro atoms. The maximum Gasteiger partial charge on any atom is 0.329 e. The number of carbonyl (C=O) groups is 3. The first-order valence-corrected chi connectivity index (χ1v) is 10.4. The standard InChI is InChI=1S/C19H30N4O4/c1-14-4-6-19(7-5-14)17(25)23(18(26)20-19)13-21-8-10-22(11-9-21)16(24)15-3-2-12-27-15/h14-15H,2-13H2,1H3,(H,20,26)/p+1/t14?,15-,19?/m0/s1. The van der Waals surface area contributed by atoms with E-state index in [9.17, 15) is 14.4 Å². The van der Waals surface area contributed by atoms with Crippen molar-refractivity contribution in [3.05, 3.63) is 0 Å². The summed E-state index contributed by atoms with van der Waals surface area (Å²) >= 11 is 0. The molecule has 3 saturated heterocycles. The molecule has 2 N–H and O–H groups in total. The smallest absolute Gasteiger partial charge is 0.329 e. The summed E-state index contributed by atoms with van der Waals surface area (Å²) < 4.78 is 5.50. The second kappa shape index (κ2) is 7.39. The van der Waals surface area contributed by atoms with Gasteiger partial charge in [-0.2, -0.15) is 0 Å². The molecule has 0 unspecified atom stereocenters. The van der Waals surface area contributed by atoms with Gasteiger partial charge in [0.15, 0.2) is 6.67 Å². The van der Waals surface area contributed by atoms with E-state index in [1.165, 1.54) is 9.80 Å². The Morgan fingerprint density at radius 2 is 1.93 bits per heavy atom. The van der Waals surface area contributed by atoms with Gasteiger partial charge in [-0.3, -0.25) is 9.59 Å². The number of ether oxygens (including phenoxy) is 1. The molecule has 0 aromatic rings. The Morgan fingerprint density at radius 1 is 1.22 bits per heavy atom. The molecule has 0 aromatic heterocycles. The SMILES string of the molecule is CC1CCC2(CC1)NC(=O)N(C[NH+]1CCN(C(=O)[C@@H]3CCCO3)CC1)C2=O. The summed E-state index contributed by atoms with van der Waals surface area (Å²) in [7, 11) is 0. The zero-order chi connectivity index (χ0) is 19.0. The monoisotopic (exact) mass is 379 g/mol. The van der Waals surface area contributed by atoms with Crippen LogP contribution in [0.4, 0.5) is 4.79 Å². The van der Waals surface area contributed by atoms with E-state index in [1.54, 1.807) is 0 Å². The predicted molar refractivity (Wildman–Crippen MR) is 96.9 cm³/mol. The molecule has 1 saturated carbocycles. The summed E-state index contributed by atoms with van der Waals surface area (Å²) in [5.74, 6) is 0.663. The molecule has 8 heteroatoms. The molecule has 27 heavy (non-hydrogen) atoms. The lowest BCUT2D eigenvalue weighted by Crippen LogP contribution is -3.16. The van der Waals surface area contributed by atoms with E-state index < -0.39 is 5.54 Å². The quantitative estimate of drug-likeness (QED) is 0.639. The first-order valence-electron chi connectivity index (χ1n) is 10.4. The van der Waals surface area contributed by atoms with Crippen LogP contribution in [0.1, 0.15) is 45.4 Å². The van der Waals surface area contributed by atoms with E-state index in [0.29, 0.717) is 32.3 Å². The molecule has 4 rings (SSSR count). The third-order valence-corrected chi connectivity index (χ3v) is 6.74. The van der Waals surface area contributed by atoms with Crippen LogP contribution in [0.25, 0.3) is 0 Å². The molecule has 4 fully saturated rings. The van der Waals surface area contributed by atoms with Crippen molar-refractivity contribution in [2.24, 2.45) is 5.92 Å². The van der Waals surface area contributed by atoms with Gasteiger partial charge in [-0.15, -0.1) is 0 Å². The average molecular weight is 379 g/mol. The third-order valence-electron chi connectivity index (χ3n) is 6.74. The zero-order valence-corrected chi connectivity index (χ0v) is 16.2. The fourth-order valence-corrected chi connectivity index (χ4v) is 4.81. The number of hydrogen-bond acceptors (Lipinski definition) is 4.